The normalized spacial score (nSPS) is 15.9. The van der Waals surface area contributed by atoms with Crippen molar-refractivity contribution in [1.29, 1.82) is 0 Å². The first-order valence-electron chi connectivity index (χ1n) is 7.38. The lowest BCUT2D eigenvalue weighted by Crippen LogP contribution is -2.38. The number of amides is 2. The quantitative estimate of drug-likeness (QED) is 0.652. The maximum atomic E-state index is 11.7. The van der Waals surface area contributed by atoms with Gasteiger partial charge in [-0.05, 0) is 39.0 Å². The molecule has 0 spiro atoms. The van der Waals surface area contributed by atoms with E-state index in [0.29, 0.717) is 31.7 Å². The zero-order chi connectivity index (χ0) is 14.3. The molecule has 0 saturated heterocycles. The third-order valence-corrected chi connectivity index (χ3v) is 3.67. The Morgan fingerprint density at radius 1 is 1.26 bits per heavy atom. The van der Waals surface area contributed by atoms with Crippen LogP contribution in [0.25, 0.3) is 0 Å². The van der Waals surface area contributed by atoms with Gasteiger partial charge in [0.05, 0.1) is 0 Å². The highest BCUT2D eigenvalue weighted by Crippen LogP contribution is 2.31. The molecule has 0 radical (unpaired) electrons. The minimum Gasteiger partial charge on any atom is -0.355 e. The molecule has 3 N–H and O–H groups in total. The summed E-state index contributed by atoms with van der Waals surface area (Å²) in [6.45, 7) is 5.96. The summed E-state index contributed by atoms with van der Waals surface area (Å²) >= 11 is 0. The van der Waals surface area contributed by atoms with Gasteiger partial charge in [0, 0.05) is 38.5 Å². The summed E-state index contributed by atoms with van der Waals surface area (Å²) in [4.78, 5) is 25.1. The van der Waals surface area contributed by atoms with Crippen molar-refractivity contribution in [3.05, 3.63) is 0 Å². The van der Waals surface area contributed by atoms with Crippen LogP contribution in [-0.4, -0.2) is 42.4 Å². The van der Waals surface area contributed by atoms with E-state index in [2.05, 4.69) is 5.32 Å². The van der Waals surface area contributed by atoms with E-state index < -0.39 is 0 Å². The van der Waals surface area contributed by atoms with Gasteiger partial charge in [0.1, 0.15) is 0 Å². The molecule has 0 aliphatic heterocycles. The highest BCUT2D eigenvalue weighted by Gasteiger charge is 2.28. The van der Waals surface area contributed by atoms with Gasteiger partial charge >= 0.3 is 0 Å². The second-order valence-corrected chi connectivity index (χ2v) is 5.22. The monoisotopic (exact) mass is 269 g/mol. The molecule has 0 aromatic rings. The molecule has 5 heteroatoms. The van der Waals surface area contributed by atoms with Crippen molar-refractivity contribution < 1.29 is 9.59 Å². The van der Waals surface area contributed by atoms with Gasteiger partial charge in [0.2, 0.25) is 11.8 Å². The molecule has 0 heterocycles. The molecule has 0 bridgehead atoms. The van der Waals surface area contributed by atoms with Crippen LogP contribution in [0.1, 0.15) is 46.0 Å². The number of hydrogen-bond acceptors (Lipinski definition) is 3. The van der Waals surface area contributed by atoms with Gasteiger partial charge in [-0.25, -0.2) is 0 Å². The molecule has 1 aliphatic carbocycles. The smallest absolute Gasteiger partial charge is 0.222 e. The number of nitrogens with two attached hydrogens (primary N) is 1. The van der Waals surface area contributed by atoms with Gasteiger partial charge in [-0.2, -0.15) is 0 Å². The van der Waals surface area contributed by atoms with Crippen LogP contribution in [0.15, 0.2) is 0 Å². The minimum absolute atomic E-state index is 0.00319. The van der Waals surface area contributed by atoms with Gasteiger partial charge in [-0.15, -0.1) is 0 Å². The summed E-state index contributed by atoms with van der Waals surface area (Å²) in [5, 5.41) is 2.85. The lowest BCUT2D eigenvalue weighted by molar-refractivity contribution is -0.131. The van der Waals surface area contributed by atoms with Gasteiger partial charge in [-0.1, -0.05) is 0 Å². The predicted octanol–water partition coefficient (Wildman–Crippen LogP) is 0.879. The van der Waals surface area contributed by atoms with Crippen LogP contribution in [0.5, 0.6) is 0 Å². The fourth-order valence-electron chi connectivity index (χ4n) is 2.15. The van der Waals surface area contributed by atoms with Crippen molar-refractivity contribution >= 4 is 11.8 Å². The molecule has 5 nitrogen and oxygen atoms in total. The Bertz CT molecular complexity index is 299. The topological polar surface area (TPSA) is 75.4 Å². The number of nitrogens with one attached hydrogen (secondary N) is 1. The van der Waals surface area contributed by atoms with E-state index in [-0.39, 0.29) is 17.9 Å². The summed E-state index contributed by atoms with van der Waals surface area (Å²) < 4.78 is 0. The van der Waals surface area contributed by atoms with E-state index in [4.69, 9.17) is 5.73 Å². The van der Waals surface area contributed by atoms with Gasteiger partial charge in [-0.3, -0.25) is 9.59 Å². The highest BCUT2D eigenvalue weighted by molar-refractivity contribution is 5.78. The van der Waals surface area contributed by atoms with Gasteiger partial charge < -0.3 is 16.0 Å². The molecule has 1 saturated carbocycles. The molecule has 110 valence electrons. The predicted molar refractivity (Wildman–Crippen MR) is 75.5 cm³/mol. The molecular weight excluding hydrogens is 242 g/mol. The van der Waals surface area contributed by atoms with Crippen LogP contribution in [-0.2, 0) is 9.59 Å². The zero-order valence-corrected chi connectivity index (χ0v) is 12.2. The third-order valence-electron chi connectivity index (χ3n) is 3.67. The Balaban J connectivity index is 2.07. The summed E-state index contributed by atoms with van der Waals surface area (Å²) in [5.41, 5.74) is 5.90. The number of carbonyl (C=O) groups excluding carboxylic acids is 2. The maximum absolute atomic E-state index is 11.7. The van der Waals surface area contributed by atoms with Crippen LogP contribution >= 0.6 is 0 Å². The Labute approximate surface area is 115 Å². The fraction of sp³-hybridized carbons (Fsp3) is 0.857. The number of nitrogens with zero attached hydrogens (tertiary/aromatic N) is 1. The molecule has 1 aliphatic rings. The average Bonchev–Trinajstić information content (AvgIpc) is 3.21. The number of carbonyl (C=O) groups is 2. The van der Waals surface area contributed by atoms with E-state index in [9.17, 15) is 9.59 Å². The molecule has 0 aromatic carbocycles. The zero-order valence-electron chi connectivity index (χ0n) is 12.2. The first-order chi connectivity index (χ1) is 9.08. The van der Waals surface area contributed by atoms with E-state index in [1.807, 2.05) is 13.8 Å². The fourth-order valence-corrected chi connectivity index (χ4v) is 2.15. The average molecular weight is 269 g/mol. The van der Waals surface area contributed by atoms with Crippen molar-refractivity contribution in [3.63, 3.8) is 0 Å². The van der Waals surface area contributed by atoms with Gasteiger partial charge in [0.15, 0.2) is 0 Å². The summed E-state index contributed by atoms with van der Waals surface area (Å²) in [6, 6.07) is 0.0984. The molecule has 1 unspecified atom stereocenters. The molecular formula is C14H27N3O2. The maximum Gasteiger partial charge on any atom is 0.222 e. The van der Waals surface area contributed by atoms with E-state index in [1.54, 1.807) is 4.90 Å². The molecule has 1 rings (SSSR count). The summed E-state index contributed by atoms with van der Waals surface area (Å²) in [6.07, 6.45) is 3.85. The highest BCUT2D eigenvalue weighted by atomic mass is 16.2. The molecule has 1 fully saturated rings. The van der Waals surface area contributed by atoms with E-state index in [0.717, 1.165) is 13.1 Å². The van der Waals surface area contributed by atoms with Gasteiger partial charge in [0.25, 0.3) is 0 Å². The number of hydrogen-bond donors (Lipinski definition) is 2. The van der Waals surface area contributed by atoms with Crippen LogP contribution in [0.2, 0.25) is 0 Å². The van der Waals surface area contributed by atoms with Crippen LogP contribution in [0.4, 0.5) is 0 Å². The molecule has 19 heavy (non-hydrogen) atoms. The largest absolute Gasteiger partial charge is 0.355 e. The Hall–Kier alpha value is -1.10. The van der Waals surface area contributed by atoms with Crippen LogP contribution in [0, 0.1) is 5.92 Å². The first kappa shape index (κ1) is 16.0. The molecule has 1 atom stereocenters. The first-order valence-corrected chi connectivity index (χ1v) is 7.38. The Morgan fingerprint density at radius 3 is 2.42 bits per heavy atom. The van der Waals surface area contributed by atoms with Crippen LogP contribution in [0.3, 0.4) is 0 Å². The van der Waals surface area contributed by atoms with Crippen LogP contribution < -0.4 is 11.1 Å². The third kappa shape index (κ3) is 6.05. The number of rotatable bonds is 9. The van der Waals surface area contributed by atoms with E-state index in [1.165, 1.54) is 12.8 Å². The SMILES string of the molecule is CCN(CC)C(=O)CCCC(=O)NCC(N)C1CC1. The summed E-state index contributed by atoms with van der Waals surface area (Å²) in [7, 11) is 0. The van der Waals surface area contributed by atoms with E-state index >= 15 is 0 Å². The second kappa shape index (κ2) is 8.15. The summed E-state index contributed by atoms with van der Waals surface area (Å²) in [5.74, 6) is 0.737. The van der Waals surface area contributed by atoms with Crippen molar-refractivity contribution in [2.75, 3.05) is 19.6 Å². The second-order valence-electron chi connectivity index (χ2n) is 5.22. The van der Waals surface area contributed by atoms with Crippen molar-refractivity contribution in [2.24, 2.45) is 11.7 Å². The molecule has 0 aromatic heterocycles. The van der Waals surface area contributed by atoms with Crippen molar-refractivity contribution in [1.82, 2.24) is 10.2 Å². The Morgan fingerprint density at radius 2 is 1.89 bits per heavy atom. The molecule has 2 amide bonds. The minimum atomic E-state index is 0.00319. The lowest BCUT2D eigenvalue weighted by Gasteiger charge is -2.18. The standard InChI is InChI=1S/C14H27N3O2/c1-3-17(4-2)14(19)7-5-6-13(18)16-10-12(15)11-8-9-11/h11-12H,3-10,15H2,1-2H3,(H,16,18). The van der Waals surface area contributed by atoms with Crippen molar-refractivity contribution in [3.8, 4) is 0 Å². The Kier molecular flexibility index (Phi) is 6.84. The van der Waals surface area contributed by atoms with Crippen molar-refractivity contribution in [2.45, 2.75) is 52.0 Å². The lowest BCUT2D eigenvalue weighted by atomic mass is 10.2.